The summed E-state index contributed by atoms with van der Waals surface area (Å²) in [7, 11) is 0. The molecule has 0 aromatic heterocycles. The highest BCUT2D eigenvalue weighted by atomic mass is 16.5. The molecule has 0 N–H and O–H groups in total. The van der Waals surface area contributed by atoms with Crippen LogP contribution in [0.5, 0.6) is 0 Å². The van der Waals surface area contributed by atoms with Gasteiger partial charge in [0.2, 0.25) is 0 Å². The Balaban J connectivity index is 2.00. The lowest BCUT2D eigenvalue weighted by atomic mass is 9.76. The van der Waals surface area contributed by atoms with Crippen LogP contribution in [0.2, 0.25) is 0 Å². The van der Waals surface area contributed by atoms with E-state index in [4.69, 9.17) is 9.47 Å². The highest BCUT2D eigenvalue weighted by Crippen LogP contribution is 2.35. The van der Waals surface area contributed by atoms with Crippen LogP contribution in [-0.4, -0.2) is 25.8 Å². The zero-order valence-electron chi connectivity index (χ0n) is 9.44. The maximum absolute atomic E-state index is 10.7. The van der Waals surface area contributed by atoms with Crippen LogP contribution in [0.4, 0.5) is 0 Å². The minimum absolute atomic E-state index is 0.0523. The molecular weight excluding hydrogens is 204 g/mol. The lowest BCUT2D eigenvalue weighted by Gasteiger charge is -2.41. The molecule has 1 aromatic carbocycles. The van der Waals surface area contributed by atoms with E-state index in [0.717, 1.165) is 19.6 Å². The molecule has 0 bridgehead atoms. The molecule has 1 aliphatic rings. The first-order chi connectivity index (χ1) is 7.73. The largest absolute Gasteiger partial charge is 0.466 e. The summed E-state index contributed by atoms with van der Waals surface area (Å²) in [5.41, 5.74) is 1.32. The van der Waals surface area contributed by atoms with Crippen molar-refractivity contribution in [3.8, 4) is 0 Å². The fourth-order valence-electron chi connectivity index (χ4n) is 1.99. The van der Waals surface area contributed by atoms with E-state index in [-0.39, 0.29) is 11.4 Å². The van der Waals surface area contributed by atoms with Gasteiger partial charge in [0.15, 0.2) is 0 Å². The number of benzene rings is 1. The Labute approximate surface area is 95.4 Å². The smallest absolute Gasteiger partial charge is 0.302 e. The van der Waals surface area contributed by atoms with Gasteiger partial charge in [0, 0.05) is 12.3 Å². The third kappa shape index (κ3) is 2.25. The summed E-state index contributed by atoms with van der Waals surface area (Å²) >= 11 is 0. The van der Waals surface area contributed by atoms with Crippen molar-refractivity contribution in [2.45, 2.75) is 18.8 Å². The average molecular weight is 220 g/mol. The Kier molecular flexibility index (Phi) is 3.25. The zero-order valence-corrected chi connectivity index (χ0v) is 9.44. The molecule has 1 heterocycles. The van der Waals surface area contributed by atoms with Gasteiger partial charge >= 0.3 is 5.97 Å². The fraction of sp³-hybridized carbons (Fsp3) is 0.462. The van der Waals surface area contributed by atoms with Crippen LogP contribution in [0.3, 0.4) is 0 Å². The Morgan fingerprint density at radius 2 is 2.06 bits per heavy atom. The molecule has 1 fully saturated rings. The van der Waals surface area contributed by atoms with E-state index >= 15 is 0 Å². The standard InChI is InChI=1S/C13H16O3/c1-11(14)16-8-7-13(9-15-10-13)12-5-3-2-4-6-12/h2-6H,7-10H2,1H3. The second kappa shape index (κ2) is 4.66. The molecule has 0 amide bonds. The third-order valence-electron chi connectivity index (χ3n) is 3.03. The van der Waals surface area contributed by atoms with E-state index < -0.39 is 0 Å². The number of rotatable bonds is 4. The first-order valence-corrected chi connectivity index (χ1v) is 5.50. The van der Waals surface area contributed by atoms with Crippen LogP contribution in [0.1, 0.15) is 18.9 Å². The summed E-state index contributed by atoms with van der Waals surface area (Å²) in [4.78, 5) is 10.7. The Morgan fingerprint density at radius 3 is 2.56 bits per heavy atom. The normalized spacial score (nSPS) is 17.6. The predicted octanol–water partition coefficient (Wildman–Crippen LogP) is 1.91. The SMILES string of the molecule is CC(=O)OCCC1(c2ccccc2)COC1. The van der Waals surface area contributed by atoms with Crippen LogP contribution >= 0.6 is 0 Å². The monoisotopic (exact) mass is 220 g/mol. The predicted molar refractivity (Wildman–Crippen MR) is 60.2 cm³/mol. The van der Waals surface area contributed by atoms with Crippen LogP contribution in [0.15, 0.2) is 30.3 Å². The molecule has 3 nitrogen and oxygen atoms in total. The molecule has 3 heteroatoms. The molecule has 0 spiro atoms. The van der Waals surface area contributed by atoms with Crippen molar-refractivity contribution in [1.29, 1.82) is 0 Å². The molecule has 0 aliphatic carbocycles. The lowest BCUT2D eigenvalue weighted by Crippen LogP contribution is -2.47. The highest BCUT2D eigenvalue weighted by Gasteiger charge is 2.39. The van der Waals surface area contributed by atoms with Gasteiger partial charge in [-0.3, -0.25) is 4.79 Å². The molecule has 16 heavy (non-hydrogen) atoms. The number of ether oxygens (including phenoxy) is 2. The van der Waals surface area contributed by atoms with Crippen LogP contribution in [0, 0.1) is 0 Å². The fourth-order valence-corrected chi connectivity index (χ4v) is 1.99. The third-order valence-corrected chi connectivity index (χ3v) is 3.03. The number of hydrogen-bond acceptors (Lipinski definition) is 3. The zero-order chi connectivity index (χ0) is 11.4. The highest BCUT2D eigenvalue weighted by molar-refractivity contribution is 5.65. The molecule has 1 aromatic rings. The van der Waals surface area contributed by atoms with Crippen LogP contribution in [-0.2, 0) is 19.7 Å². The van der Waals surface area contributed by atoms with Crippen LogP contribution < -0.4 is 0 Å². The molecule has 0 saturated carbocycles. The molecule has 1 aliphatic heterocycles. The van der Waals surface area contributed by atoms with Crippen LogP contribution in [0.25, 0.3) is 0 Å². The average Bonchev–Trinajstić information content (AvgIpc) is 2.23. The molecule has 2 rings (SSSR count). The minimum Gasteiger partial charge on any atom is -0.466 e. The van der Waals surface area contributed by atoms with Gasteiger partial charge in [-0.1, -0.05) is 30.3 Å². The molecule has 86 valence electrons. The van der Waals surface area contributed by atoms with Gasteiger partial charge in [-0.25, -0.2) is 0 Å². The molecule has 1 saturated heterocycles. The number of esters is 1. The van der Waals surface area contributed by atoms with Crippen molar-refractivity contribution in [3.05, 3.63) is 35.9 Å². The summed E-state index contributed by atoms with van der Waals surface area (Å²) in [6.45, 7) is 3.34. The second-order valence-electron chi connectivity index (χ2n) is 4.23. The first kappa shape index (κ1) is 11.1. The molecule has 0 atom stereocenters. The lowest BCUT2D eigenvalue weighted by molar-refractivity contribution is -0.143. The Bertz CT molecular complexity index is 355. The van der Waals surface area contributed by atoms with Crippen molar-refractivity contribution in [1.82, 2.24) is 0 Å². The summed E-state index contributed by atoms with van der Waals surface area (Å²) in [5, 5.41) is 0. The first-order valence-electron chi connectivity index (χ1n) is 5.50. The van der Waals surface area contributed by atoms with Crippen molar-refractivity contribution < 1.29 is 14.3 Å². The van der Waals surface area contributed by atoms with Crippen molar-refractivity contribution in [2.24, 2.45) is 0 Å². The van der Waals surface area contributed by atoms with Gasteiger partial charge in [-0.05, 0) is 12.0 Å². The van der Waals surface area contributed by atoms with Gasteiger partial charge < -0.3 is 9.47 Å². The summed E-state index contributed by atoms with van der Waals surface area (Å²) < 4.78 is 10.3. The summed E-state index contributed by atoms with van der Waals surface area (Å²) in [6.07, 6.45) is 0.830. The molecular formula is C13H16O3. The van der Waals surface area contributed by atoms with Crippen molar-refractivity contribution in [2.75, 3.05) is 19.8 Å². The molecule has 0 unspecified atom stereocenters. The number of carbonyl (C=O) groups excluding carboxylic acids is 1. The topological polar surface area (TPSA) is 35.5 Å². The maximum Gasteiger partial charge on any atom is 0.302 e. The van der Waals surface area contributed by atoms with Gasteiger partial charge in [0.1, 0.15) is 0 Å². The quantitative estimate of drug-likeness (QED) is 0.727. The summed E-state index contributed by atoms with van der Waals surface area (Å²) in [6, 6.07) is 10.3. The van der Waals surface area contributed by atoms with Gasteiger partial charge in [-0.2, -0.15) is 0 Å². The Hall–Kier alpha value is -1.35. The molecule has 0 radical (unpaired) electrons. The van der Waals surface area contributed by atoms with Gasteiger partial charge in [0.05, 0.1) is 19.8 Å². The van der Waals surface area contributed by atoms with E-state index in [1.165, 1.54) is 12.5 Å². The minimum atomic E-state index is -0.219. The Morgan fingerprint density at radius 1 is 1.38 bits per heavy atom. The number of carbonyl (C=O) groups is 1. The van der Waals surface area contributed by atoms with E-state index in [0.29, 0.717) is 6.61 Å². The van der Waals surface area contributed by atoms with E-state index in [1.807, 2.05) is 18.2 Å². The van der Waals surface area contributed by atoms with E-state index in [2.05, 4.69) is 12.1 Å². The van der Waals surface area contributed by atoms with E-state index in [9.17, 15) is 4.79 Å². The number of hydrogen-bond donors (Lipinski definition) is 0. The van der Waals surface area contributed by atoms with Crippen molar-refractivity contribution >= 4 is 5.97 Å². The van der Waals surface area contributed by atoms with E-state index in [1.54, 1.807) is 0 Å². The van der Waals surface area contributed by atoms with Gasteiger partial charge in [-0.15, -0.1) is 0 Å². The van der Waals surface area contributed by atoms with Gasteiger partial charge in [0.25, 0.3) is 0 Å². The van der Waals surface area contributed by atoms with Crippen molar-refractivity contribution in [3.63, 3.8) is 0 Å². The maximum atomic E-state index is 10.7. The summed E-state index contributed by atoms with van der Waals surface area (Å²) in [5.74, 6) is -0.219. The second-order valence-corrected chi connectivity index (χ2v) is 4.23.